The lowest BCUT2D eigenvalue weighted by molar-refractivity contribution is 0.315. The molecule has 96 valence electrons. The Labute approximate surface area is 111 Å². The maximum atomic E-state index is 5.61. The van der Waals surface area contributed by atoms with E-state index in [2.05, 4.69) is 22.2 Å². The number of hydrogen-bond donors (Lipinski definition) is 1. The van der Waals surface area contributed by atoms with E-state index in [0.717, 1.165) is 24.3 Å². The molecule has 2 aromatic heterocycles. The summed E-state index contributed by atoms with van der Waals surface area (Å²) in [4.78, 5) is 9.52. The largest absolute Gasteiger partial charge is 0.492 e. The highest BCUT2D eigenvalue weighted by Crippen LogP contribution is 2.26. The van der Waals surface area contributed by atoms with E-state index in [4.69, 9.17) is 4.74 Å². The van der Waals surface area contributed by atoms with Gasteiger partial charge in [0.15, 0.2) is 0 Å². The van der Waals surface area contributed by atoms with Crippen LogP contribution in [0.25, 0.3) is 0 Å². The summed E-state index contributed by atoms with van der Waals surface area (Å²) in [7, 11) is 1.93. The summed E-state index contributed by atoms with van der Waals surface area (Å²) >= 11 is 1.63. The van der Waals surface area contributed by atoms with Crippen LogP contribution in [0.1, 0.15) is 29.8 Å². The summed E-state index contributed by atoms with van der Waals surface area (Å²) < 4.78 is 5.61. The minimum absolute atomic E-state index is 0.121. The second-order valence-corrected chi connectivity index (χ2v) is 4.85. The Morgan fingerprint density at radius 1 is 1.33 bits per heavy atom. The predicted octanol–water partition coefficient (Wildman–Crippen LogP) is 2.64. The molecule has 0 aliphatic carbocycles. The van der Waals surface area contributed by atoms with Crippen molar-refractivity contribution in [2.75, 3.05) is 13.7 Å². The molecule has 18 heavy (non-hydrogen) atoms. The first kappa shape index (κ1) is 13.0. The number of ether oxygens (including phenoxy) is 1. The second-order valence-electron chi connectivity index (χ2n) is 3.93. The van der Waals surface area contributed by atoms with Crippen LogP contribution in [0.2, 0.25) is 0 Å². The van der Waals surface area contributed by atoms with E-state index >= 15 is 0 Å². The molecule has 0 bridgehead atoms. The molecular formula is C13H17N3OS. The molecule has 0 aromatic carbocycles. The van der Waals surface area contributed by atoms with E-state index in [1.54, 1.807) is 17.5 Å². The topological polar surface area (TPSA) is 47.0 Å². The van der Waals surface area contributed by atoms with Crippen molar-refractivity contribution >= 4 is 11.3 Å². The number of hydrogen-bond acceptors (Lipinski definition) is 5. The standard InChI is InChI=1S/C13H17N3OS/c1-3-4-17-11-5-10(6-15-7-11)13(14-2)12-8-16-9-18-12/h5-9,13-14H,3-4H2,1-2H3. The minimum atomic E-state index is 0.121. The van der Waals surface area contributed by atoms with Gasteiger partial charge < -0.3 is 10.1 Å². The van der Waals surface area contributed by atoms with Crippen molar-refractivity contribution in [2.45, 2.75) is 19.4 Å². The molecule has 1 unspecified atom stereocenters. The van der Waals surface area contributed by atoms with Gasteiger partial charge in [0.1, 0.15) is 5.75 Å². The zero-order chi connectivity index (χ0) is 12.8. The Bertz CT molecular complexity index is 473. The third-order valence-corrected chi connectivity index (χ3v) is 3.41. The Morgan fingerprint density at radius 2 is 2.22 bits per heavy atom. The average molecular weight is 263 g/mol. The van der Waals surface area contributed by atoms with Gasteiger partial charge in [-0.05, 0) is 25.1 Å². The lowest BCUT2D eigenvalue weighted by Crippen LogP contribution is -2.16. The quantitative estimate of drug-likeness (QED) is 0.870. The fourth-order valence-corrected chi connectivity index (χ4v) is 2.49. The van der Waals surface area contributed by atoms with Crippen molar-refractivity contribution in [3.63, 3.8) is 0 Å². The number of rotatable bonds is 6. The summed E-state index contributed by atoms with van der Waals surface area (Å²) in [5, 5.41) is 3.28. The van der Waals surface area contributed by atoms with E-state index in [-0.39, 0.29) is 6.04 Å². The third-order valence-electron chi connectivity index (χ3n) is 2.57. The van der Waals surface area contributed by atoms with Gasteiger partial charge in [0, 0.05) is 17.3 Å². The van der Waals surface area contributed by atoms with Gasteiger partial charge in [-0.3, -0.25) is 9.97 Å². The lowest BCUT2D eigenvalue weighted by Gasteiger charge is -2.15. The average Bonchev–Trinajstić information content (AvgIpc) is 2.92. The van der Waals surface area contributed by atoms with E-state index in [9.17, 15) is 0 Å². The first-order valence-electron chi connectivity index (χ1n) is 5.98. The predicted molar refractivity (Wildman–Crippen MR) is 73.0 cm³/mol. The molecule has 1 N–H and O–H groups in total. The molecule has 0 aliphatic heterocycles. The van der Waals surface area contributed by atoms with E-state index in [1.807, 2.05) is 31.0 Å². The van der Waals surface area contributed by atoms with Gasteiger partial charge in [-0.2, -0.15) is 0 Å². The van der Waals surface area contributed by atoms with Gasteiger partial charge in [-0.25, -0.2) is 0 Å². The summed E-state index contributed by atoms with van der Waals surface area (Å²) in [6.07, 6.45) is 6.48. The van der Waals surface area contributed by atoms with E-state index in [0.29, 0.717) is 0 Å². The maximum absolute atomic E-state index is 5.61. The van der Waals surface area contributed by atoms with Gasteiger partial charge >= 0.3 is 0 Å². The van der Waals surface area contributed by atoms with Crippen LogP contribution in [0.3, 0.4) is 0 Å². The fourth-order valence-electron chi connectivity index (χ4n) is 1.73. The van der Waals surface area contributed by atoms with Crippen molar-refractivity contribution < 1.29 is 4.74 Å². The van der Waals surface area contributed by atoms with Gasteiger partial charge in [0.05, 0.1) is 24.4 Å². The van der Waals surface area contributed by atoms with Gasteiger partial charge in [-0.1, -0.05) is 6.92 Å². The van der Waals surface area contributed by atoms with E-state index in [1.165, 1.54) is 4.88 Å². The smallest absolute Gasteiger partial charge is 0.137 e. The fraction of sp³-hybridized carbons (Fsp3) is 0.385. The SMILES string of the molecule is CCCOc1cncc(C(NC)c2cncs2)c1. The van der Waals surface area contributed by atoms with Crippen molar-refractivity contribution in [1.29, 1.82) is 0 Å². The Hall–Kier alpha value is -1.46. The molecule has 2 aromatic rings. The molecule has 2 heterocycles. The molecule has 0 radical (unpaired) electrons. The summed E-state index contributed by atoms with van der Waals surface area (Å²) in [5.41, 5.74) is 2.93. The third kappa shape index (κ3) is 3.05. The normalized spacial score (nSPS) is 12.3. The lowest BCUT2D eigenvalue weighted by atomic mass is 10.1. The molecule has 0 aliphatic rings. The Kier molecular flexibility index (Phi) is 4.66. The van der Waals surface area contributed by atoms with Crippen LogP contribution in [0, 0.1) is 0 Å². The maximum Gasteiger partial charge on any atom is 0.137 e. The molecule has 2 rings (SSSR count). The minimum Gasteiger partial charge on any atom is -0.492 e. The van der Waals surface area contributed by atoms with Crippen LogP contribution in [0.15, 0.2) is 30.2 Å². The number of pyridine rings is 1. The monoisotopic (exact) mass is 263 g/mol. The molecule has 4 nitrogen and oxygen atoms in total. The molecule has 1 atom stereocenters. The van der Waals surface area contributed by atoms with Crippen LogP contribution in [-0.4, -0.2) is 23.6 Å². The molecule has 0 amide bonds. The van der Waals surface area contributed by atoms with Crippen LogP contribution < -0.4 is 10.1 Å². The van der Waals surface area contributed by atoms with Gasteiger partial charge in [0.25, 0.3) is 0 Å². The van der Waals surface area contributed by atoms with Crippen LogP contribution in [0.5, 0.6) is 5.75 Å². The highest BCUT2D eigenvalue weighted by atomic mass is 32.1. The zero-order valence-corrected chi connectivity index (χ0v) is 11.4. The first-order chi connectivity index (χ1) is 8.85. The number of nitrogens with one attached hydrogen (secondary N) is 1. The molecule has 5 heteroatoms. The van der Waals surface area contributed by atoms with Crippen LogP contribution >= 0.6 is 11.3 Å². The van der Waals surface area contributed by atoms with Crippen molar-refractivity contribution in [2.24, 2.45) is 0 Å². The molecule has 0 saturated heterocycles. The first-order valence-corrected chi connectivity index (χ1v) is 6.86. The van der Waals surface area contributed by atoms with Crippen molar-refractivity contribution in [3.8, 4) is 5.75 Å². The summed E-state index contributed by atoms with van der Waals surface area (Å²) in [5.74, 6) is 0.819. The highest BCUT2D eigenvalue weighted by molar-refractivity contribution is 7.09. The summed E-state index contributed by atoms with van der Waals surface area (Å²) in [6.45, 7) is 2.81. The molecular weight excluding hydrogens is 246 g/mol. The Morgan fingerprint density at radius 3 is 2.89 bits per heavy atom. The number of nitrogens with zero attached hydrogens (tertiary/aromatic N) is 2. The van der Waals surface area contributed by atoms with Crippen molar-refractivity contribution in [3.05, 3.63) is 40.6 Å². The summed E-state index contributed by atoms with van der Waals surface area (Å²) in [6, 6.07) is 2.15. The van der Waals surface area contributed by atoms with Crippen molar-refractivity contribution in [1.82, 2.24) is 15.3 Å². The second kappa shape index (κ2) is 6.47. The van der Waals surface area contributed by atoms with Gasteiger partial charge in [-0.15, -0.1) is 11.3 Å². The Balaban J connectivity index is 2.20. The zero-order valence-electron chi connectivity index (χ0n) is 10.6. The number of aromatic nitrogens is 2. The van der Waals surface area contributed by atoms with Crippen LogP contribution in [-0.2, 0) is 0 Å². The number of thiazole rings is 1. The van der Waals surface area contributed by atoms with Crippen LogP contribution in [0.4, 0.5) is 0 Å². The molecule has 0 saturated carbocycles. The molecule has 0 spiro atoms. The van der Waals surface area contributed by atoms with Gasteiger partial charge in [0.2, 0.25) is 0 Å². The van der Waals surface area contributed by atoms with E-state index < -0.39 is 0 Å². The molecule has 0 fully saturated rings. The highest BCUT2D eigenvalue weighted by Gasteiger charge is 2.14.